The number of hydrogen-bond donors (Lipinski definition) is 3. The van der Waals surface area contributed by atoms with Crippen LogP contribution in [-0.2, 0) is 14.3 Å². The van der Waals surface area contributed by atoms with Crippen molar-refractivity contribution in [2.45, 2.75) is 373 Å². The van der Waals surface area contributed by atoms with Gasteiger partial charge in [-0.2, -0.15) is 0 Å². The molecule has 2 unspecified atom stereocenters. The summed E-state index contributed by atoms with van der Waals surface area (Å²) in [6, 6.07) is -0.637. The summed E-state index contributed by atoms with van der Waals surface area (Å²) in [5, 5.41) is 23.2. The topological polar surface area (TPSA) is 95.9 Å². The van der Waals surface area contributed by atoms with Crippen molar-refractivity contribution in [3.8, 4) is 0 Å². The highest BCUT2D eigenvalue weighted by atomic mass is 16.5. The molecule has 0 saturated carbocycles. The van der Waals surface area contributed by atoms with Crippen LogP contribution in [0.15, 0.2) is 48.6 Å². The second-order valence-electron chi connectivity index (χ2n) is 23.1. The minimum absolute atomic E-state index is 0.00389. The first-order valence-corrected chi connectivity index (χ1v) is 33.9. The molecule has 76 heavy (non-hydrogen) atoms. The molecule has 446 valence electrons. The zero-order valence-electron chi connectivity index (χ0n) is 51.0. The number of unbranched alkanes of at least 4 members (excludes halogenated alkanes) is 46. The number of aliphatic hydroxyl groups excluding tert-OH is 2. The van der Waals surface area contributed by atoms with Gasteiger partial charge in [0.2, 0.25) is 5.91 Å². The summed E-state index contributed by atoms with van der Waals surface area (Å²) in [7, 11) is 0. The largest absolute Gasteiger partial charge is 0.466 e. The molecule has 0 saturated heterocycles. The highest BCUT2D eigenvalue weighted by Crippen LogP contribution is 2.17. The van der Waals surface area contributed by atoms with E-state index in [0.717, 1.165) is 64.2 Å². The van der Waals surface area contributed by atoms with Gasteiger partial charge < -0.3 is 20.3 Å². The Morgan fingerprint density at radius 1 is 0.368 bits per heavy atom. The quantitative estimate of drug-likeness (QED) is 0.0320. The number of hydrogen-bond acceptors (Lipinski definition) is 5. The van der Waals surface area contributed by atoms with E-state index in [1.165, 1.54) is 270 Å². The molecule has 0 fully saturated rings. The number of amides is 1. The molecule has 6 heteroatoms. The Labute approximate surface area is 474 Å². The summed E-state index contributed by atoms with van der Waals surface area (Å²) in [6.07, 6.45) is 84.5. The first-order chi connectivity index (χ1) is 37.5. The molecule has 1 amide bonds. The van der Waals surface area contributed by atoms with Gasteiger partial charge in [0.1, 0.15) is 0 Å². The van der Waals surface area contributed by atoms with Gasteiger partial charge in [-0.1, -0.05) is 306 Å². The highest BCUT2D eigenvalue weighted by Gasteiger charge is 2.18. The van der Waals surface area contributed by atoms with Crippen LogP contribution in [-0.4, -0.2) is 47.4 Å². The summed E-state index contributed by atoms with van der Waals surface area (Å²) in [6.45, 7) is 4.90. The van der Waals surface area contributed by atoms with Crippen LogP contribution >= 0.6 is 0 Å². The average Bonchev–Trinajstić information content (AvgIpc) is 3.42. The second-order valence-corrected chi connectivity index (χ2v) is 23.1. The van der Waals surface area contributed by atoms with Crippen molar-refractivity contribution < 1.29 is 24.5 Å². The van der Waals surface area contributed by atoms with Crippen LogP contribution in [0.1, 0.15) is 361 Å². The lowest BCUT2D eigenvalue weighted by Crippen LogP contribution is -2.45. The maximum absolute atomic E-state index is 12.5. The fraction of sp³-hybridized carbons (Fsp3) is 0.857. The fourth-order valence-electron chi connectivity index (χ4n) is 10.4. The Balaban J connectivity index is 3.47. The van der Waals surface area contributed by atoms with Crippen molar-refractivity contribution in [2.24, 2.45) is 0 Å². The molecule has 0 aliphatic rings. The van der Waals surface area contributed by atoms with Crippen molar-refractivity contribution in [2.75, 3.05) is 13.2 Å². The van der Waals surface area contributed by atoms with E-state index in [9.17, 15) is 19.8 Å². The summed E-state index contributed by atoms with van der Waals surface area (Å²) in [4.78, 5) is 24.6. The first-order valence-electron chi connectivity index (χ1n) is 33.9. The molecular weight excluding hydrogens is 935 g/mol. The van der Waals surface area contributed by atoms with Crippen LogP contribution < -0.4 is 5.32 Å². The monoisotopic (exact) mass is 1070 g/mol. The van der Waals surface area contributed by atoms with E-state index in [2.05, 4.69) is 55.6 Å². The maximum atomic E-state index is 12.5. The van der Waals surface area contributed by atoms with Crippen LogP contribution in [0.25, 0.3) is 0 Å². The zero-order chi connectivity index (χ0) is 55.0. The van der Waals surface area contributed by atoms with Gasteiger partial charge in [-0.15, -0.1) is 0 Å². The van der Waals surface area contributed by atoms with Gasteiger partial charge in [0.15, 0.2) is 0 Å². The lowest BCUT2D eigenvalue weighted by atomic mass is 10.0. The number of allylic oxidation sites excluding steroid dienone is 7. The predicted molar refractivity (Wildman–Crippen MR) is 333 cm³/mol. The molecule has 0 spiro atoms. The Morgan fingerprint density at radius 2 is 0.658 bits per heavy atom. The van der Waals surface area contributed by atoms with E-state index in [1.54, 1.807) is 6.08 Å². The van der Waals surface area contributed by atoms with Crippen molar-refractivity contribution in [1.82, 2.24) is 5.32 Å². The predicted octanol–water partition coefficient (Wildman–Crippen LogP) is 21.7. The fourth-order valence-corrected chi connectivity index (χ4v) is 10.4. The van der Waals surface area contributed by atoms with E-state index < -0.39 is 12.1 Å². The summed E-state index contributed by atoms with van der Waals surface area (Å²) >= 11 is 0. The van der Waals surface area contributed by atoms with Gasteiger partial charge in [-0.25, -0.2) is 0 Å². The molecule has 0 aromatic carbocycles. The van der Waals surface area contributed by atoms with Crippen LogP contribution in [0.5, 0.6) is 0 Å². The number of esters is 1. The molecule has 0 heterocycles. The minimum atomic E-state index is -0.853. The second kappa shape index (κ2) is 65.3. The standard InChI is InChI=1S/C70H131NO5/c1-3-5-7-9-11-13-15-17-19-21-23-24-25-27-30-34-38-42-46-50-54-58-62-68(73)67(66-72)71-69(74)63-59-55-51-47-43-39-35-31-28-26-29-33-37-41-45-49-53-57-61-65-76-70(75)64-60-56-52-48-44-40-36-32-22-20-18-16-14-12-10-8-6-4-2/h14,16,20,22,26,28,58,62,67-68,72-73H,3-13,15,17-19,21,23-25,27,29-57,59-61,63-66H2,1-2H3,(H,71,74)/b16-14-,22-20-,28-26-,62-58+. The van der Waals surface area contributed by atoms with E-state index in [-0.39, 0.29) is 18.5 Å². The van der Waals surface area contributed by atoms with Crippen molar-refractivity contribution >= 4 is 11.9 Å². The van der Waals surface area contributed by atoms with E-state index in [4.69, 9.17) is 4.74 Å². The molecule has 2 atom stereocenters. The van der Waals surface area contributed by atoms with Crippen molar-refractivity contribution in [1.29, 1.82) is 0 Å². The molecule has 3 N–H and O–H groups in total. The van der Waals surface area contributed by atoms with Crippen LogP contribution in [0.3, 0.4) is 0 Å². The number of carbonyl (C=O) groups excluding carboxylic acids is 2. The summed E-state index contributed by atoms with van der Waals surface area (Å²) in [5.74, 6) is -0.0790. The normalized spacial score (nSPS) is 12.8. The molecule has 0 aliphatic carbocycles. The zero-order valence-corrected chi connectivity index (χ0v) is 51.0. The van der Waals surface area contributed by atoms with E-state index in [1.807, 2.05) is 6.08 Å². The van der Waals surface area contributed by atoms with Gasteiger partial charge >= 0.3 is 5.97 Å². The van der Waals surface area contributed by atoms with Crippen LogP contribution in [0.4, 0.5) is 0 Å². The number of ether oxygens (including phenoxy) is 1. The molecule has 0 aromatic rings. The average molecular weight is 1070 g/mol. The van der Waals surface area contributed by atoms with Crippen molar-refractivity contribution in [3.63, 3.8) is 0 Å². The van der Waals surface area contributed by atoms with E-state index in [0.29, 0.717) is 19.4 Å². The molecule has 0 radical (unpaired) electrons. The van der Waals surface area contributed by atoms with Gasteiger partial charge in [0.05, 0.1) is 25.4 Å². The van der Waals surface area contributed by atoms with Gasteiger partial charge in [-0.05, 0) is 89.9 Å². The number of carbonyl (C=O) groups is 2. The Kier molecular flexibility index (Phi) is 63.5. The Hall–Kier alpha value is -2.18. The molecule has 0 aliphatic heterocycles. The van der Waals surface area contributed by atoms with Gasteiger partial charge in [0.25, 0.3) is 0 Å². The minimum Gasteiger partial charge on any atom is -0.466 e. The van der Waals surface area contributed by atoms with Gasteiger partial charge in [0, 0.05) is 12.8 Å². The lowest BCUT2D eigenvalue weighted by Gasteiger charge is -2.20. The Bertz CT molecular complexity index is 1270. The number of rotatable bonds is 63. The summed E-state index contributed by atoms with van der Waals surface area (Å²) < 4.78 is 5.49. The molecule has 0 rings (SSSR count). The summed E-state index contributed by atoms with van der Waals surface area (Å²) in [5.41, 5.74) is 0. The molecule has 0 bridgehead atoms. The lowest BCUT2D eigenvalue weighted by molar-refractivity contribution is -0.143. The SMILES string of the molecule is CCCCCC/C=C\C/C=C\CCCCCCCCCC(=O)OCCCCCCCCCC/C=C\CCCCCCCCCC(=O)NC(CO)C(O)/C=C/CCCCCCCCCCCCCCCCCCCCCC. The van der Waals surface area contributed by atoms with E-state index >= 15 is 0 Å². The molecule has 0 aromatic heterocycles. The third-order valence-electron chi connectivity index (χ3n) is 15.6. The molecule has 6 nitrogen and oxygen atoms in total. The van der Waals surface area contributed by atoms with Crippen LogP contribution in [0.2, 0.25) is 0 Å². The third kappa shape index (κ3) is 61.0. The number of aliphatic hydroxyl groups is 2. The Morgan fingerprint density at radius 3 is 1.03 bits per heavy atom. The first kappa shape index (κ1) is 73.8. The smallest absolute Gasteiger partial charge is 0.305 e. The number of nitrogens with one attached hydrogen (secondary N) is 1. The maximum Gasteiger partial charge on any atom is 0.305 e. The third-order valence-corrected chi connectivity index (χ3v) is 15.6. The van der Waals surface area contributed by atoms with Crippen LogP contribution in [0, 0.1) is 0 Å². The highest BCUT2D eigenvalue weighted by molar-refractivity contribution is 5.76. The molecular formula is C70H131NO5. The van der Waals surface area contributed by atoms with Gasteiger partial charge in [-0.3, -0.25) is 9.59 Å². The van der Waals surface area contributed by atoms with Crippen molar-refractivity contribution in [3.05, 3.63) is 48.6 Å².